The summed E-state index contributed by atoms with van der Waals surface area (Å²) in [4.78, 5) is 0. The van der Waals surface area contributed by atoms with Gasteiger partial charge >= 0.3 is 0 Å². The van der Waals surface area contributed by atoms with Crippen LogP contribution in [0.25, 0.3) is 0 Å². The van der Waals surface area contributed by atoms with Gasteiger partial charge in [0, 0.05) is 0 Å². The first kappa shape index (κ1) is 10.1. The van der Waals surface area contributed by atoms with Gasteiger partial charge in [-0.25, -0.2) is 4.39 Å². The number of rotatable bonds is 2. The molecule has 0 saturated carbocycles. The van der Waals surface area contributed by atoms with Crippen molar-refractivity contribution in [3.05, 3.63) is 46.4 Å². The van der Waals surface area contributed by atoms with Crippen molar-refractivity contribution in [2.45, 2.75) is 0 Å². The van der Waals surface area contributed by atoms with Crippen LogP contribution in [0.2, 0.25) is 0 Å². The molecule has 0 unspecified atom stereocenters. The minimum atomic E-state index is -0.392. The average Bonchev–Trinajstić information content (AvgIpc) is 2.56. The molecule has 1 aromatic heterocycles. The summed E-state index contributed by atoms with van der Waals surface area (Å²) in [7, 11) is 0. The zero-order valence-electron chi connectivity index (χ0n) is 8.03. The first-order chi connectivity index (χ1) is 7.66. The van der Waals surface area contributed by atoms with Crippen molar-refractivity contribution in [1.82, 2.24) is 10.2 Å². The van der Waals surface area contributed by atoms with Crippen LogP contribution >= 0.6 is 0 Å². The molecule has 6 nitrogen and oxygen atoms in total. The highest BCUT2D eigenvalue weighted by Crippen LogP contribution is 2.07. The first-order valence-corrected chi connectivity index (χ1v) is 4.35. The largest absolute Gasteiger partial charge is 0.279 e. The molecule has 0 atom stereocenters. The summed E-state index contributed by atoms with van der Waals surface area (Å²) >= 11 is 0. The number of hydrogen-bond acceptors (Lipinski definition) is 6. The topological polar surface area (TPSA) is 97.9 Å². The average molecular weight is 218 g/mol. The number of aromatic nitrogens is 2. The predicted octanol–water partition coefficient (Wildman–Crippen LogP) is -0.622. The van der Waals surface area contributed by atoms with Gasteiger partial charge in [-0.1, -0.05) is 6.07 Å². The van der Waals surface area contributed by atoms with Crippen LogP contribution < -0.4 is 21.8 Å². The minimum Gasteiger partial charge on any atom is -0.279 e. The van der Waals surface area contributed by atoms with Crippen LogP contribution in [0.3, 0.4) is 0 Å². The number of hydrogen-bond donors (Lipinski definition) is 3. The van der Waals surface area contributed by atoms with E-state index in [2.05, 4.69) is 20.7 Å². The Bertz CT molecular complexity index is 625. The molecule has 0 aliphatic rings. The van der Waals surface area contributed by atoms with E-state index >= 15 is 0 Å². The molecule has 16 heavy (non-hydrogen) atoms. The van der Waals surface area contributed by atoms with Crippen molar-refractivity contribution < 1.29 is 4.39 Å². The van der Waals surface area contributed by atoms with Crippen molar-refractivity contribution in [1.29, 1.82) is 10.8 Å². The lowest BCUT2D eigenvalue weighted by atomic mass is 10.3. The van der Waals surface area contributed by atoms with E-state index in [4.69, 9.17) is 10.8 Å². The molecule has 0 fully saturated rings. The van der Waals surface area contributed by atoms with Gasteiger partial charge in [-0.2, -0.15) is 5.10 Å². The molecular weight excluding hydrogens is 211 g/mol. The highest BCUT2D eigenvalue weighted by molar-refractivity contribution is 5.42. The van der Waals surface area contributed by atoms with Crippen molar-refractivity contribution in [3.8, 4) is 0 Å². The molecule has 0 amide bonds. The molecule has 2 aromatic rings. The second kappa shape index (κ2) is 3.97. The molecule has 7 heteroatoms. The number of benzene rings is 1. The van der Waals surface area contributed by atoms with E-state index in [1.54, 1.807) is 6.07 Å². The van der Waals surface area contributed by atoms with E-state index in [1.807, 2.05) is 0 Å². The SMILES string of the molecule is N=c1nnc(=N)c1=NNc1cccc(F)c1. The predicted molar refractivity (Wildman–Crippen MR) is 51.7 cm³/mol. The summed E-state index contributed by atoms with van der Waals surface area (Å²) in [6.45, 7) is 0. The van der Waals surface area contributed by atoms with Crippen molar-refractivity contribution in [2.75, 3.05) is 5.43 Å². The monoisotopic (exact) mass is 218 g/mol. The smallest absolute Gasteiger partial charge is 0.198 e. The van der Waals surface area contributed by atoms with Crippen molar-refractivity contribution >= 4 is 5.69 Å². The fourth-order valence-corrected chi connectivity index (χ4v) is 1.09. The van der Waals surface area contributed by atoms with Crippen LogP contribution in [0.1, 0.15) is 0 Å². The van der Waals surface area contributed by atoms with E-state index in [1.165, 1.54) is 18.2 Å². The fraction of sp³-hybridized carbons (Fsp3) is 0. The molecule has 0 aliphatic heterocycles. The molecule has 0 aliphatic carbocycles. The molecule has 2 rings (SSSR count). The quantitative estimate of drug-likeness (QED) is 0.586. The lowest BCUT2D eigenvalue weighted by Gasteiger charge is -1.97. The third-order valence-corrected chi connectivity index (χ3v) is 1.82. The highest BCUT2D eigenvalue weighted by atomic mass is 19.1. The van der Waals surface area contributed by atoms with E-state index in [-0.39, 0.29) is 16.3 Å². The Kier molecular flexibility index (Phi) is 2.50. The molecule has 0 bridgehead atoms. The first-order valence-electron chi connectivity index (χ1n) is 4.35. The number of nitrogens with zero attached hydrogens (tertiary/aromatic N) is 3. The normalized spacial score (nSPS) is 10.1. The Morgan fingerprint density at radius 2 is 1.88 bits per heavy atom. The zero-order valence-corrected chi connectivity index (χ0v) is 8.03. The van der Waals surface area contributed by atoms with E-state index < -0.39 is 5.82 Å². The van der Waals surface area contributed by atoms with Gasteiger partial charge in [0.05, 0.1) is 5.69 Å². The third-order valence-electron chi connectivity index (χ3n) is 1.82. The molecule has 3 N–H and O–H groups in total. The Morgan fingerprint density at radius 1 is 1.19 bits per heavy atom. The molecular formula is C9H7FN6. The van der Waals surface area contributed by atoms with Gasteiger partial charge in [0.2, 0.25) is 0 Å². The van der Waals surface area contributed by atoms with Gasteiger partial charge in [-0.3, -0.25) is 16.2 Å². The number of nitrogens with one attached hydrogen (secondary N) is 3. The summed E-state index contributed by atoms with van der Waals surface area (Å²) in [6, 6.07) is 5.70. The van der Waals surface area contributed by atoms with Gasteiger partial charge in [0.1, 0.15) is 5.82 Å². The lowest BCUT2D eigenvalue weighted by Crippen LogP contribution is -2.34. The molecule has 0 radical (unpaired) electrons. The maximum atomic E-state index is 12.8. The van der Waals surface area contributed by atoms with Crippen LogP contribution in [-0.4, -0.2) is 10.2 Å². The van der Waals surface area contributed by atoms with Crippen LogP contribution in [0.4, 0.5) is 10.1 Å². The summed E-state index contributed by atoms with van der Waals surface area (Å²) in [5.41, 5.74) is 2.59. The van der Waals surface area contributed by atoms with Crippen LogP contribution in [0.15, 0.2) is 29.4 Å². The molecule has 1 heterocycles. The van der Waals surface area contributed by atoms with E-state index in [0.29, 0.717) is 5.69 Å². The van der Waals surface area contributed by atoms with E-state index in [0.717, 1.165) is 0 Å². The molecule has 0 saturated heterocycles. The van der Waals surface area contributed by atoms with Gasteiger partial charge in [0.25, 0.3) is 0 Å². The highest BCUT2D eigenvalue weighted by Gasteiger charge is 1.96. The number of halogens is 1. The maximum Gasteiger partial charge on any atom is 0.198 e. The van der Waals surface area contributed by atoms with E-state index in [9.17, 15) is 4.39 Å². The minimum absolute atomic E-state index is 0.0317. The zero-order chi connectivity index (χ0) is 11.5. The summed E-state index contributed by atoms with van der Waals surface area (Å²) in [6.07, 6.45) is 0. The lowest BCUT2D eigenvalue weighted by molar-refractivity contribution is 0.628. The second-order valence-corrected chi connectivity index (χ2v) is 2.98. The van der Waals surface area contributed by atoms with Crippen molar-refractivity contribution in [3.63, 3.8) is 0 Å². The van der Waals surface area contributed by atoms with Crippen LogP contribution in [0, 0.1) is 16.6 Å². The second-order valence-electron chi connectivity index (χ2n) is 2.98. The third kappa shape index (κ3) is 1.97. The Balaban J connectivity index is 2.35. The standard InChI is InChI=1S/C9H7FN6/c10-5-2-1-3-6(4-5)13-14-7-8(11)15-16-9(7)12/h1-4,11-13H. The molecule has 1 aromatic carbocycles. The Labute approximate surface area is 88.8 Å². The van der Waals surface area contributed by atoms with Gasteiger partial charge in [0.15, 0.2) is 16.3 Å². The Hall–Kier alpha value is -2.44. The fourth-order valence-electron chi connectivity index (χ4n) is 1.09. The van der Waals surface area contributed by atoms with Crippen LogP contribution in [0.5, 0.6) is 0 Å². The van der Waals surface area contributed by atoms with Crippen LogP contribution in [-0.2, 0) is 0 Å². The van der Waals surface area contributed by atoms with Gasteiger partial charge in [-0.15, -0.1) is 10.2 Å². The molecule has 0 spiro atoms. The van der Waals surface area contributed by atoms with Gasteiger partial charge < -0.3 is 0 Å². The summed E-state index contributed by atoms with van der Waals surface area (Å²) < 4.78 is 12.8. The summed E-state index contributed by atoms with van der Waals surface area (Å²) in [5.74, 6) is -0.392. The Morgan fingerprint density at radius 3 is 2.50 bits per heavy atom. The maximum absolute atomic E-state index is 12.8. The number of anilines is 1. The summed E-state index contributed by atoms with van der Waals surface area (Å²) in [5, 5.41) is 25.1. The van der Waals surface area contributed by atoms with Gasteiger partial charge in [-0.05, 0) is 18.2 Å². The molecule has 80 valence electrons. The van der Waals surface area contributed by atoms with Crippen molar-refractivity contribution in [2.24, 2.45) is 5.10 Å².